The van der Waals surface area contributed by atoms with Crippen LogP contribution in [0.3, 0.4) is 0 Å². The van der Waals surface area contributed by atoms with E-state index >= 15 is 0 Å². The standard InChI is InChI=1S/C12H15NO2/c13-10-6-2-5-9(7-10)11(12(14)15)8-3-1-4-8/h2,5-8,11H,1,3-4,13H2,(H,14,15). The first-order valence-corrected chi connectivity index (χ1v) is 5.26. The number of anilines is 1. The summed E-state index contributed by atoms with van der Waals surface area (Å²) < 4.78 is 0. The minimum absolute atomic E-state index is 0.296. The molecule has 2 rings (SSSR count). The minimum atomic E-state index is -0.731. The van der Waals surface area contributed by atoms with Crippen LogP contribution in [0.4, 0.5) is 5.69 Å². The Morgan fingerprint density at radius 1 is 1.47 bits per heavy atom. The molecule has 1 aromatic rings. The number of nitrogen functional groups attached to an aromatic ring is 1. The van der Waals surface area contributed by atoms with Gasteiger partial charge in [-0.3, -0.25) is 4.79 Å². The molecule has 1 aliphatic carbocycles. The monoisotopic (exact) mass is 205 g/mol. The highest BCUT2D eigenvalue weighted by Crippen LogP contribution is 2.39. The zero-order valence-corrected chi connectivity index (χ0v) is 8.52. The zero-order valence-electron chi connectivity index (χ0n) is 8.52. The third-order valence-electron chi connectivity index (χ3n) is 3.16. The van der Waals surface area contributed by atoms with Gasteiger partial charge < -0.3 is 10.8 Å². The molecule has 1 fully saturated rings. The zero-order chi connectivity index (χ0) is 10.8. The maximum absolute atomic E-state index is 11.2. The van der Waals surface area contributed by atoms with Crippen LogP contribution in [0, 0.1) is 5.92 Å². The van der Waals surface area contributed by atoms with Gasteiger partial charge >= 0.3 is 5.97 Å². The fourth-order valence-electron chi connectivity index (χ4n) is 2.14. The second-order valence-electron chi connectivity index (χ2n) is 4.18. The van der Waals surface area contributed by atoms with Crippen molar-refractivity contribution in [3.8, 4) is 0 Å². The third kappa shape index (κ3) is 1.96. The molecular formula is C12H15NO2. The van der Waals surface area contributed by atoms with E-state index in [1.54, 1.807) is 12.1 Å². The number of carbonyl (C=O) groups is 1. The smallest absolute Gasteiger partial charge is 0.311 e. The third-order valence-corrected chi connectivity index (χ3v) is 3.16. The summed E-state index contributed by atoms with van der Waals surface area (Å²) in [4.78, 5) is 11.2. The summed E-state index contributed by atoms with van der Waals surface area (Å²) in [6, 6.07) is 7.23. The number of nitrogens with two attached hydrogens (primary N) is 1. The number of hydrogen-bond acceptors (Lipinski definition) is 2. The first kappa shape index (κ1) is 10.0. The summed E-state index contributed by atoms with van der Waals surface area (Å²) in [5.41, 5.74) is 7.14. The van der Waals surface area contributed by atoms with Crippen LogP contribution in [0.1, 0.15) is 30.7 Å². The molecular weight excluding hydrogens is 190 g/mol. The molecule has 3 N–H and O–H groups in total. The van der Waals surface area contributed by atoms with Crippen LogP contribution in [-0.2, 0) is 4.79 Å². The Labute approximate surface area is 88.9 Å². The Morgan fingerprint density at radius 2 is 2.20 bits per heavy atom. The van der Waals surface area contributed by atoms with Crippen molar-refractivity contribution in [2.45, 2.75) is 25.2 Å². The van der Waals surface area contributed by atoms with E-state index in [0.717, 1.165) is 24.8 Å². The second-order valence-corrected chi connectivity index (χ2v) is 4.18. The fraction of sp³-hybridized carbons (Fsp3) is 0.417. The highest BCUT2D eigenvalue weighted by atomic mass is 16.4. The minimum Gasteiger partial charge on any atom is -0.481 e. The molecule has 3 nitrogen and oxygen atoms in total. The normalized spacial score (nSPS) is 18.1. The van der Waals surface area contributed by atoms with Crippen LogP contribution < -0.4 is 5.73 Å². The van der Waals surface area contributed by atoms with E-state index in [-0.39, 0.29) is 5.92 Å². The lowest BCUT2D eigenvalue weighted by atomic mass is 9.73. The molecule has 1 aliphatic rings. The van der Waals surface area contributed by atoms with Gasteiger partial charge in [0.05, 0.1) is 5.92 Å². The number of carboxylic acid groups (broad SMARTS) is 1. The number of aliphatic carboxylic acids is 1. The lowest BCUT2D eigenvalue weighted by Gasteiger charge is -2.31. The van der Waals surface area contributed by atoms with Crippen molar-refractivity contribution in [2.75, 3.05) is 5.73 Å². The first-order chi connectivity index (χ1) is 7.18. The summed E-state index contributed by atoms with van der Waals surface area (Å²) in [5.74, 6) is -0.808. The SMILES string of the molecule is Nc1cccc(C(C(=O)O)C2CCC2)c1. The number of benzene rings is 1. The van der Waals surface area contributed by atoms with E-state index in [0.29, 0.717) is 11.6 Å². The Bertz CT molecular complexity index is 372. The summed E-state index contributed by atoms with van der Waals surface area (Å²) in [6.07, 6.45) is 3.19. The van der Waals surface area contributed by atoms with Crippen molar-refractivity contribution in [3.05, 3.63) is 29.8 Å². The van der Waals surface area contributed by atoms with E-state index in [2.05, 4.69) is 0 Å². The molecule has 0 amide bonds. The Balaban J connectivity index is 2.27. The summed E-state index contributed by atoms with van der Waals surface area (Å²) in [6.45, 7) is 0. The van der Waals surface area contributed by atoms with Crippen LogP contribution in [0.15, 0.2) is 24.3 Å². The molecule has 0 aromatic heterocycles. The molecule has 1 unspecified atom stereocenters. The molecule has 1 aromatic carbocycles. The van der Waals surface area contributed by atoms with Gasteiger partial charge in [0, 0.05) is 5.69 Å². The van der Waals surface area contributed by atoms with Crippen molar-refractivity contribution in [1.29, 1.82) is 0 Å². The van der Waals surface area contributed by atoms with Crippen molar-refractivity contribution in [1.82, 2.24) is 0 Å². The molecule has 0 radical (unpaired) electrons. The van der Waals surface area contributed by atoms with E-state index in [1.165, 1.54) is 0 Å². The predicted molar refractivity (Wildman–Crippen MR) is 58.6 cm³/mol. The van der Waals surface area contributed by atoms with Gasteiger partial charge in [-0.2, -0.15) is 0 Å². The second kappa shape index (κ2) is 3.93. The van der Waals surface area contributed by atoms with E-state index in [1.807, 2.05) is 12.1 Å². The van der Waals surface area contributed by atoms with Gasteiger partial charge in [0.15, 0.2) is 0 Å². The first-order valence-electron chi connectivity index (χ1n) is 5.26. The Hall–Kier alpha value is -1.51. The number of rotatable bonds is 3. The maximum Gasteiger partial charge on any atom is 0.311 e. The highest BCUT2D eigenvalue weighted by molar-refractivity contribution is 5.77. The van der Waals surface area contributed by atoms with Gasteiger partial charge in [-0.15, -0.1) is 0 Å². The molecule has 0 spiro atoms. The van der Waals surface area contributed by atoms with Gasteiger partial charge in [0.25, 0.3) is 0 Å². The van der Waals surface area contributed by atoms with Crippen molar-refractivity contribution in [3.63, 3.8) is 0 Å². The van der Waals surface area contributed by atoms with Crippen molar-refractivity contribution < 1.29 is 9.90 Å². The molecule has 3 heteroatoms. The number of hydrogen-bond donors (Lipinski definition) is 2. The van der Waals surface area contributed by atoms with Gasteiger partial charge in [-0.25, -0.2) is 0 Å². The molecule has 80 valence electrons. The molecule has 0 saturated heterocycles. The Kier molecular flexibility index (Phi) is 2.62. The maximum atomic E-state index is 11.2. The molecule has 0 bridgehead atoms. The van der Waals surface area contributed by atoms with E-state index < -0.39 is 5.97 Å². The number of carboxylic acids is 1. The van der Waals surface area contributed by atoms with Crippen LogP contribution in [0.5, 0.6) is 0 Å². The lowest BCUT2D eigenvalue weighted by Crippen LogP contribution is -2.26. The topological polar surface area (TPSA) is 63.3 Å². The van der Waals surface area contributed by atoms with Crippen LogP contribution in [-0.4, -0.2) is 11.1 Å². The van der Waals surface area contributed by atoms with E-state index in [4.69, 9.17) is 5.73 Å². The van der Waals surface area contributed by atoms with Crippen molar-refractivity contribution in [2.24, 2.45) is 5.92 Å². The molecule has 15 heavy (non-hydrogen) atoms. The van der Waals surface area contributed by atoms with Gasteiger partial charge in [0.1, 0.15) is 0 Å². The summed E-state index contributed by atoms with van der Waals surface area (Å²) >= 11 is 0. The van der Waals surface area contributed by atoms with E-state index in [9.17, 15) is 9.90 Å². The highest BCUT2D eigenvalue weighted by Gasteiger charge is 2.33. The lowest BCUT2D eigenvalue weighted by molar-refractivity contribution is -0.141. The molecule has 0 aliphatic heterocycles. The van der Waals surface area contributed by atoms with Crippen LogP contribution >= 0.6 is 0 Å². The van der Waals surface area contributed by atoms with Gasteiger partial charge in [0.2, 0.25) is 0 Å². The van der Waals surface area contributed by atoms with Crippen LogP contribution in [0.2, 0.25) is 0 Å². The molecule has 1 atom stereocenters. The molecule has 1 saturated carbocycles. The summed E-state index contributed by atoms with van der Waals surface area (Å²) in [7, 11) is 0. The van der Waals surface area contributed by atoms with Gasteiger partial charge in [-0.05, 0) is 36.5 Å². The quantitative estimate of drug-likeness (QED) is 0.744. The van der Waals surface area contributed by atoms with Crippen molar-refractivity contribution >= 4 is 11.7 Å². The Morgan fingerprint density at radius 3 is 2.67 bits per heavy atom. The largest absolute Gasteiger partial charge is 0.481 e. The average Bonchev–Trinajstić information content (AvgIpc) is 2.10. The predicted octanol–water partition coefficient (Wildman–Crippen LogP) is 2.24. The average molecular weight is 205 g/mol. The van der Waals surface area contributed by atoms with Gasteiger partial charge in [-0.1, -0.05) is 18.6 Å². The molecule has 0 heterocycles. The summed E-state index contributed by atoms with van der Waals surface area (Å²) in [5, 5.41) is 9.21. The fourth-order valence-corrected chi connectivity index (χ4v) is 2.14. The van der Waals surface area contributed by atoms with Crippen LogP contribution in [0.25, 0.3) is 0 Å².